The maximum absolute atomic E-state index is 12.1. The van der Waals surface area contributed by atoms with Crippen LogP contribution in [0.15, 0.2) is 60.7 Å². The molecule has 2 aromatic rings. The van der Waals surface area contributed by atoms with Crippen LogP contribution in [0, 0.1) is 0 Å². The molecule has 2 rings (SSSR count). The molecule has 0 saturated heterocycles. The number of amides is 3. The van der Waals surface area contributed by atoms with Crippen molar-refractivity contribution in [2.75, 3.05) is 7.05 Å². The van der Waals surface area contributed by atoms with Gasteiger partial charge in [0.2, 0.25) is 5.91 Å². The van der Waals surface area contributed by atoms with Crippen molar-refractivity contribution in [2.24, 2.45) is 0 Å². The minimum absolute atomic E-state index is 0.136. The molecule has 0 heterocycles. The molecule has 1 atom stereocenters. The first-order valence-electron chi connectivity index (χ1n) is 7.50. The topological polar surface area (TPSA) is 70.2 Å². The van der Waals surface area contributed by atoms with Crippen molar-refractivity contribution in [2.45, 2.75) is 19.0 Å². The van der Waals surface area contributed by atoms with E-state index in [0.717, 1.165) is 11.1 Å². The van der Waals surface area contributed by atoms with E-state index >= 15 is 0 Å². The number of urea groups is 1. The molecule has 3 N–H and O–H groups in total. The molecule has 5 heteroatoms. The van der Waals surface area contributed by atoms with Gasteiger partial charge < -0.3 is 5.32 Å². The Morgan fingerprint density at radius 2 is 1.35 bits per heavy atom. The third-order valence-corrected chi connectivity index (χ3v) is 3.54. The van der Waals surface area contributed by atoms with Gasteiger partial charge in [-0.15, -0.1) is 0 Å². The summed E-state index contributed by atoms with van der Waals surface area (Å²) >= 11 is 0. The molecule has 120 valence electrons. The van der Waals surface area contributed by atoms with Gasteiger partial charge >= 0.3 is 6.03 Å². The molecule has 2 aromatic carbocycles. The lowest BCUT2D eigenvalue weighted by atomic mass is 9.98. The normalized spacial score (nSPS) is 11.8. The minimum Gasteiger partial charge on any atom is -0.341 e. The van der Waals surface area contributed by atoms with Crippen molar-refractivity contribution in [3.63, 3.8) is 0 Å². The zero-order valence-electron chi connectivity index (χ0n) is 13.2. The monoisotopic (exact) mass is 311 g/mol. The van der Waals surface area contributed by atoms with Gasteiger partial charge in [-0.3, -0.25) is 15.4 Å². The lowest BCUT2D eigenvalue weighted by molar-refractivity contribution is -0.121. The number of carbonyl (C=O) groups is 2. The van der Waals surface area contributed by atoms with Crippen molar-refractivity contribution in [3.8, 4) is 0 Å². The van der Waals surface area contributed by atoms with E-state index in [-0.39, 0.29) is 11.9 Å². The Bertz CT molecular complexity index is 604. The predicted molar refractivity (Wildman–Crippen MR) is 89.9 cm³/mol. The molecule has 23 heavy (non-hydrogen) atoms. The Morgan fingerprint density at radius 1 is 0.870 bits per heavy atom. The Kier molecular flexibility index (Phi) is 5.88. The van der Waals surface area contributed by atoms with E-state index in [1.54, 1.807) is 6.92 Å². The first-order chi connectivity index (χ1) is 11.1. The first-order valence-corrected chi connectivity index (χ1v) is 7.50. The van der Waals surface area contributed by atoms with E-state index < -0.39 is 12.1 Å². The third kappa shape index (κ3) is 4.66. The summed E-state index contributed by atoms with van der Waals surface area (Å²) in [6, 6.07) is 18.6. The summed E-state index contributed by atoms with van der Waals surface area (Å²) in [7, 11) is 1.47. The van der Waals surface area contributed by atoms with E-state index in [9.17, 15) is 9.59 Å². The van der Waals surface area contributed by atoms with E-state index in [2.05, 4.69) is 16.0 Å². The van der Waals surface area contributed by atoms with Crippen molar-refractivity contribution in [3.05, 3.63) is 71.8 Å². The standard InChI is InChI=1S/C18H21N3O2/c1-13(17(22)21-18(23)19-2)20-16(14-9-5-3-6-10-14)15-11-7-4-8-12-15/h3-13,16,20H,1-2H3,(H2,19,21,22,23). The van der Waals surface area contributed by atoms with Crippen LogP contribution in [0.3, 0.4) is 0 Å². The van der Waals surface area contributed by atoms with Crippen LogP contribution in [0.1, 0.15) is 24.1 Å². The van der Waals surface area contributed by atoms with Crippen LogP contribution in [0.2, 0.25) is 0 Å². The highest BCUT2D eigenvalue weighted by atomic mass is 16.2. The number of hydrogen-bond donors (Lipinski definition) is 3. The van der Waals surface area contributed by atoms with Crippen LogP contribution in [0.25, 0.3) is 0 Å². The highest BCUT2D eigenvalue weighted by molar-refractivity contribution is 5.96. The molecule has 0 saturated carbocycles. The van der Waals surface area contributed by atoms with Gasteiger partial charge in [0.15, 0.2) is 0 Å². The molecule has 0 spiro atoms. The summed E-state index contributed by atoms with van der Waals surface area (Å²) < 4.78 is 0. The van der Waals surface area contributed by atoms with Crippen LogP contribution >= 0.6 is 0 Å². The molecule has 0 aromatic heterocycles. The lowest BCUT2D eigenvalue weighted by Crippen LogP contribution is -2.48. The Labute approximate surface area is 136 Å². The molecule has 0 aliphatic rings. The van der Waals surface area contributed by atoms with Crippen LogP contribution in [0.4, 0.5) is 4.79 Å². The molecule has 5 nitrogen and oxygen atoms in total. The molecular formula is C18H21N3O2. The summed E-state index contributed by atoms with van der Waals surface area (Å²) in [5.74, 6) is -0.374. The lowest BCUT2D eigenvalue weighted by Gasteiger charge is -2.23. The highest BCUT2D eigenvalue weighted by Gasteiger charge is 2.21. The number of imide groups is 1. The van der Waals surface area contributed by atoms with Gasteiger partial charge in [0.25, 0.3) is 0 Å². The van der Waals surface area contributed by atoms with Gasteiger partial charge in [-0.1, -0.05) is 60.7 Å². The van der Waals surface area contributed by atoms with E-state index in [1.165, 1.54) is 7.05 Å². The summed E-state index contributed by atoms with van der Waals surface area (Å²) in [6.45, 7) is 1.73. The SMILES string of the molecule is CNC(=O)NC(=O)C(C)NC(c1ccccc1)c1ccccc1. The number of benzene rings is 2. The van der Waals surface area contributed by atoms with Crippen LogP contribution < -0.4 is 16.0 Å². The minimum atomic E-state index is -0.530. The van der Waals surface area contributed by atoms with Gasteiger partial charge in [-0.2, -0.15) is 0 Å². The van der Waals surface area contributed by atoms with Crippen LogP contribution in [-0.4, -0.2) is 25.0 Å². The van der Waals surface area contributed by atoms with E-state index in [1.807, 2.05) is 60.7 Å². The van der Waals surface area contributed by atoms with Gasteiger partial charge in [-0.25, -0.2) is 4.79 Å². The molecule has 0 aliphatic heterocycles. The largest absolute Gasteiger partial charge is 0.341 e. The van der Waals surface area contributed by atoms with E-state index in [0.29, 0.717) is 0 Å². The zero-order valence-corrected chi connectivity index (χ0v) is 13.2. The fourth-order valence-electron chi connectivity index (χ4n) is 2.28. The average molecular weight is 311 g/mol. The third-order valence-electron chi connectivity index (χ3n) is 3.54. The van der Waals surface area contributed by atoms with Gasteiger partial charge in [0, 0.05) is 7.05 Å². The maximum Gasteiger partial charge on any atom is 0.321 e. The summed E-state index contributed by atoms with van der Waals surface area (Å²) in [6.07, 6.45) is 0. The second kappa shape index (κ2) is 8.10. The van der Waals surface area contributed by atoms with Crippen molar-refractivity contribution < 1.29 is 9.59 Å². The number of nitrogens with one attached hydrogen (secondary N) is 3. The average Bonchev–Trinajstić information content (AvgIpc) is 2.60. The Hall–Kier alpha value is -2.66. The van der Waals surface area contributed by atoms with Crippen molar-refractivity contribution in [1.82, 2.24) is 16.0 Å². The molecule has 0 bridgehead atoms. The van der Waals surface area contributed by atoms with Crippen LogP contribution in [0.5, 0.6) is 0 Å². The van der Waals surface area contributed by atoms with Crippen LogP contribution in [-0.2, 0) is 4.79 Å². The van der Waals surface area contributed by atoms with E-state index in [4.69, 9.17) is 0 Å². The summed E-state index contributed by atoms with van der Waals surface area (Å²) in [5.41, 5.74) is 2.11. The highest BCUT2D eigenvalue weighted by Crippen LogP contribution is 2.22. The second-order valence-electron chi connectivity index (χ2n) is 5.21. The summed E-state index contributed by atoms with van der Waals surface area (Å²) in [4.78, 5) is 23.4. The van der Waals surface area contributed by atoms with Gasteiger partial charge in [0.1, 0.15) is 0 Å². The fraction of sp³-hybridized carbons (Fsp3) is 0.222. The molecule has 0 fully saturated rings. The van der Waals surface area contributed by atoms with Crippen molar-refractivity contribution >= 4 is 11.9 Å². The quantitative estimate of drug-likeness (QED) is 0.793. The molecular weight excluding hydrogens is 290 g/mol. The number of rotatable bonds is 5. The van der Waals surface area contributed by atoms with Gasteiger partial charge in [-0.05, 0) is 18.1 Å². The Balaban J connectivity index is 2.19. The second-order valence-corrected chi connectivity index (χ2v) is 5.21. The molecule has 1 unspecified atom stereocenters. The smallest absolute Gasteiger partial charge is 0.321 e. The number of hydrogen-bond acceptors (Lipinski definition) is 3. The zero-order chi connectivity index (χ0) is 16.7. The molecule has 3 amide bonds. The number of carbonyl (C=O) groups excluding carboxylic acids is 2. The Morgan fingerprint density at radius 3 is 1.78 bits per heavy atom. The predicted octanol–water partition coefficient (Wildman–Crippen LogP) is 2.21. The fourth-order valence-corrected chi connectivity index (χ4v) is 2.28. The first kappa shape index (κ1) is 16.7. The molecule has 0 radical (unpaired) electrons. The maximum atomic E-state index is 12.1. The van der Waals surface area contributed by atoms with Gasteiger partial charge in [0.05, 0.1) is 12.1 Å². The summed E-state index contributed by atoms with van der Waals surface area (Å²) in [5, 5.41) is 7.94. The van der Waals surface area contributed by atoms with Crippen molar-refractivity contribution in [1.29, 1.82) is 0 Å². The molecule has 0 aliphatic carbocycles.